The monoisotopic (exact) mass is 482 g/mol. The molecule has 0 spiro atoms. The summed E-state index contributed by atoms with van der Waals surface area (Å²) in [6.07, 6.45) is 18.4. The van der Waals surface area contributed by atoms with Crippen molar-refractivity contribution < 1.29 is 27.4 Å². The standard InChI is InChI=1S/C24H48N6Si2/c1-2-14-25(13-1)31(26-15-3-4-16-26,27-17-5-6-18-27)32(28-19-7-8-20-28,29-21-9-10-22-29)30-23-11-12-24-30/h1-24H2/p+6. The Hall–Kier alpha value is 0.194. The molecule has 8 heteroatoms. The minimum absolute atomic E-state index is 1.54. The van der Waals surface area contributed by atoms with Gasteiger partial charge >= 0.3 is 16.2 Å². The van der Waals surface area contributed by atoms with Crippen molar-refractivity contribution in [3.05, 3.63) is 0 Å². The van der Waals surface area contributed by atoms with Crippen molar-refractivity contribution in [2.45, 2.75) is 77.0 Å². The Balaban J connectivity index is 1.59. The zero-order valence-electron chi connectivity index (χ0n) is 21.0. The highest BCUT2D eigenvalue weighted by molar-refractivity contribution is 7.20. The van der Waals surface area contributed by atoms with Gasteiger partial charge in [0.1, 0.15) is 0 Å². The highest BCUT2D eigenvalue weighted by atomic mass is 29.3. The third-order valence-electron chi connectivity index (χ3n) is 11.0. The summed E-state index contributed by atoms with van der Waals surface area (Å²) in [5, 5.41) is 0. The molecule has 0 aromatic heterocycles. The predicted molar refractivity (Wildman–Crippen MR) is 131 cm³/mol. The van der Waals surface area contributed by atoms with Gasteiger partial charge in [0.05, 0.1) is 78.5 Å². The van der Waals surface area contributed by atoms with Gasteiger partial charge in [-0.05, 0) is 0 Å². The van der Waals surface area contributed by atoms with E-state index >= 15 is 0 Å². The van der Waals surface area contributed by atoms with Crippen molar-refractivity contribution in [3.63, 3.8) is 0 Å². The number of nitrogens with one attached hydrogen (secondary N) is 6. The van der Waals surface area contributed by atoms with E-state index in [4.69, 9.17) is 0 Å². The summed E-state index contributed by atoms with van der Waals surface area (Å²) < 4.78 is 13.6. The van der Waals surface area contributed by atoms with E-state index in [-0.39, 0.29) is 0 Å². The highest BCUT2D eigenvalue weighted by Crippen LogP contribution is 2.05. The predicted octanol–water partition coefficient (Wildman–Crippen LogP) is -5.99. The first kappa shape index (κ1) is 22.6. The number of rotatable bonds is 7. The summed E-state index contributed by atoms with van der Waals surface area (Å²) in [4.78, 5) is 0. The van der Waals surface area contributed by atoms with Gasteiger partial charge in [-0.2, -0.15) is 0 Å². The first-order valence-corrected chi connectivity index (χ1v) is 20.0. The SMILES string of the molecule is C1CC[NH+]([Si]([NH+]2CCCC2)([NH+]2CCCC2)[Si]([NH+]2CCCC2)([NH+]2CCCC2)[NH+]2CCCC2)C1. The second-order valence-corrected chi connectivity index (χ2v) is 24.1. The second-order valence-electron chi connectivity index (χ2n) is 12.4. The summed E-state index contributed by atoms with van der Waals surface area (Å²) in [5.74, 6) is 0. The van der Waals surface area contributed by atoms with Crippen LogP contribution in [0, 0.1) is 0 Å². The van der Waals surface area contributed by atoms with E-state index in [0.29, 0.717) is 0 Å². The van der Waals surface area contributed by atoms with Crippen LogP contribution in [-0.2, 0) is 0 Å². The Morgan fingerprint density at radius 2 is 0.344 bits per heavy atom. The molecule has 6 heterocycles. The van der Waals surface area contributed by atoms with Gasteiger partial charge in [-0.15, -0.1) is 0 Å². The van der Waals surface area contributed by atoms with Crippen LogP contribution in [0.5, 0.6) is 0 Å². The third-order valence-corrected chi connectivity index (χ3v) is 31.2. The maximum atomic E-state index is 2.27. The van der Waals surface area contributed by atoms with Crippen LogP contribution in [0.15, 0.2) is 0 Å². The minimum Gasteiger partial charge on any atom is -0.285 e. The number of hydrogen-bond acceptors (Lipinski definition) is 0. The molecule has 6 fully saturated rings. The summed E-state index contributed by atoms with van der Waals surface area (Å²) in [7, 11) is -3.39. The first-order valence-electron chi connectivity index (χ1n) is 15.0. The molecule has 0 amide bonds. The van der Waals surface area contributed by atoms with E-state index < -0.39 is 16.2 Å². The Morgan fingerprint density at radius 3 is 0.469 bits per heavy atom. The maximum absolute atomic E-state index is 2.27. The van der Waals surface area contributed by atoms with Crippen LogP contribution in [0.1, 0.15) is 77.0 Å². The van der Waals surface area contributed by atoms with E-state index in [9.17, 15) is 0 Å². The molecule has 6 N–H and O–H groups in total. The lowest BCUT2D eigenvalue weighted by Crippen LogP contribution is -3.79. The number of quaternary nitrogens is 6. The van der Waals surface area contributed by atoms with E-state index in [1.165, 1.54) is 77.0 Å². The molecule has 6 aliphatic heterocycles. The van der Waals surface area contributed by atoms with E-state index in [1.807, 2.05) is 0 Å². The molecule has 6 aliphatic rings. The molecule has 0 unspecified atom stereocenters. The molecule has 6 saturated heterocycles. The van der Waals surface area contributed by atoms with E-state index in [1.54, 1.807) is 78.5 Å². The van der Waals surface area contributed by atoms with Gasteiger partial charge in [-0.3, -0.25) is 27.4 Å². The fraction of sp³-hybridized carbons (Fsp3) is 1.00. The fourth-order valence-electron chi connectivity index (χ4n) is 10.2. The highest BCUT2D eigenvalue weighted by Gasteiger charge is 3.11. The van der Waals surface area contributed by atoms with Gasteiger partial charge in [0.2, 0.25) is 0 Å². The quantitative estimate of drug-likeness (QED) is 0.195. The molecule has 0 atom stereocenters. The first-order chi connectivity index (χ1) is 15.9. The van der Waals surface area contributed by atoms with Gasteiger partial charge < -0.3 is 0 Å². The van der Waals surface area contributed by atoms with Crippen molar-refractivity contribution in [1.82, 2.24) is 0 Å². The van der Waals surface area contributed by atoms with Crippen molar-refractivity contribution in [2.75, 3.05) is 78.5 Å². The molecule has 0 aromatic carbocycles. The maximum Gasteiger partial charge on any atom is 0.938 e. The van der Waals surface area contributed by atoms with Crippen LogP contribution in [0.2, 0.25) is 0 Å². The van der Waals surface area contributed by atoms with Crippen LogP contribution >= 0.6 is 0 Å². The summed E-state index contributed by atoms with van der Waals surface area (Å²) in [6, 6.07) is 0. The average molecular weight is 483 g/mol. The normalized spacial score (nSPS) is 31.1. The minimum atomic E-state index is -1.69. The summed E-state index contributed by atoms with van der Waals surface area (Å²) >= 11 is 0. The molecule has 32 heavy (non-hydrogen) atoms. The average Bonchev–Trinajstić information content (AvgIpc) is 3.67. The fourth-order valence-corrected chi connectivity index (χ4v) is 37.0. The lowest BCUT2D eigenvalue weighted by molar-refractivity contribution is -1.07. The van der Waals surface area contributed by atoms with Gasteiger partial charge in [-0.25, -0.2) is 0 Å². The van der Waals surface area contributed by atoms with Crippen molar-refractivity contribution in [2.24, 2.45) is 0 Å². The van der Waals surface area contributed by atoms with Crippen molar-refractivity contribution >= 4 is 16.2 Å². The molecule has 6 rings (SSSR count). The third kappa shape index (κ3) is 3.38. The molecule has 0 bridgehead atoms. The van der Waals surface area contributed by atoms with Crippen molar-refractivity contribution in [1.29, 1.82) is 0 Å². The Kier molecular flexibility index (Phi) is 6.85. The molecule has 6 nitrogen and oxygen atoms in total. The molecule has 0 aromatic rings. The smallest absolute Gasteiger partial charge is 0.285 e. The van der Waals surface area contributed by atoms with Gasteiger partial charge in [0.25, 0.3) is 0 Å². The topological polar surface area (TPSA) is 26.6 Å². The van der Waals surface area contributed by atoms with Crippen molar-refractivity contribution in [3.8, 4) is 0 Å². The number of hydrogen-bond donors (Lipinski definition) is 6. The van der Waals surface area contributed by atoms with Gasteiger partial charge in [-0.1, -0.05) is 0 Å². The van der Waals surface area contributed by atoms with E-state index in [2.05, 4.69) is 27.4 Å². The summed E-state index contributed by atoms with van der Waals surface area (Å²) in [6.45, 7) is 18.7. The van der Waals surface area contributed by atoms with Crippen LogP contribution < -0.4 is 27.4 Å². The lowest BCUT2D eigenvalue weighted by Gasteiger charge is -2.44. The van der Waals surface area contributed by atoms with Gasteiger partial charge in [0, 0.05) is 77.0 Å². The summed E-state index contributed by atoms with van der Waals surface area (Å²) in [5.41, 5.74) is 0. The van der Waals surface area contributed by atoms with E-state index in [0.717, 1.165) is 0 Å². The molecular weight excluding hydrogens is 428 g/mol. The molecule has 182 valence electrons. The Bertz CT molecular complexity index is 478. The van der Waals surface area contributed by atoms with Crippen LogP contribution in [-0.4, -0.2) is 94.7 Å². The van der Waals surface area contributed by atoms with Gasteiger partial charge in [0.15, 0.2) is 0 Å². The molecule has 0 radical (unpaired) electrons. The zero-order valence-corrected chi connectivity index (χ0v) is 23.0. The largest absolute Gasteiger partial charge is 0.938 e. The molecule has 0 aliphatic carbocycles. The van der Waals surface area contributed by atoms with Crippen LogP contribution in [0.4, 0.5) is 0 Å². The Morgan fingerprint density at radius 1 is 0.219 bits per heavy atom. The molecular formula is C24H54N6Si2+6. The Labute approximate surface area is 199 Å². The molecule has 0 saturated carbocycles. The van der Waals surface area contributed by atoms with Crippen LogP contribution in [0.25, 0.3) is 0 Å². The van der Waals surface area contributed by atoms with Crippen LogP contribution in [0.3, 0.4) is 0 Å². The second kappa shape index (κ2) is 9.68. The zero-order chi connectivity index (χ0) is 21.4. The lowest BCUT2D eigenvalue weighted by atomic mass is 10.4.